The summed E-state index contributed by atoms with van der Waals surface area (Å²) in [6.45, 7) is 9.20. The predicted octanol–water partition coefficient (Wildman–Crippen LogP) is 5.86. The molecule has 2 aliphatic carbocycles. The van der Waals surface area contributed by atoms with Gasteiger partial charge in [0.1, 0.15) is 11.5 Å². The first-order valence-corrected chi connectivity index (χ1v) is 11.7. The van der Waals surface area contributed by atoms with E-state index < -0.39 is 5.09 Å². The van der Waals surface area contributed by atoms with Crippen LogP contribution in [0.4, 0.5) is 0 Å². The van der Waals surface area contributed by atoms with Gasteiger partial charge in [0.25, 0.3) is 5.09 Å². The van der Waals surface area contributed by atoms with Crippen molar-refractivity contribution in [3.8, 4) is 5.75 Å². The summed E-state index contributed by atoms with van der Waals surface area (Å²) in [5, 5.41) is 20.5. The second kappa shape index (κ2) is 9.17. The Morgan fingerprint density at radius 1 is 1.23 bits per heavy atom. The van der Waals surface area contributed by atoms with Gasteiger partial charge in [0.2, 0.25) is 0 Å². The number of carbonyl (C=O) groups excluding carboxylic acids is 1. The first kappa shape index (κ1) is 23.6. The summed E-state index contributed by atoms with van der Waals surface area (Å²) in [6, 6.07) is 4.20. The van der Waals surface area contributed by atoms with Crippen molar-refractivity contribution >= 4 is 5.78 Å². The zero-order valence-electron chi connectivity index (χ0n) is 19.4. The van der Waals surface area contributed by atoms with Crippen LogP contribution >= 0.6 is 0 Å². The van der Waals surface area contributed by atoms with Gasteiger partial charge in [-0.15, -0.1) is 10.1 Å². The van der Waals surface area contributed by atoms with E-state index in [1.54, 1.807) is 0 Å². The molecule has 31 heavy (non-hydrogen) atoms. The Kier molecular flexibility index (Phi) is 6.97. The maximum absolute atomic E-state index is 12.2. The number of hydrogen-bond acceptors (Lipinski definition) is 5. The number of unbranched alkanes of at least 4 members (excludes halogenated alkanes) is 3. The van der Waals surface area contributed by atoms with Crippen LogP contribution in [0.5, 0.6) is 5.75 Å². The Balaban J connectivity index is 1.70. The van der Waals surface area contributed by atoms with Gasteiger partial charge in [-0.3, -0.25) is 4.79 Å². The molecule has 172 valence electrons. The zero-order valence-corrected chi connectivity index (χ0v) is 19.4. The van der Waals surface area contributed by atoms with Crippen LogP contribution in [0.15, 0.2) is 12.1 Å². The van der Waals surface area contributed by atoms with Crippen molar-refractivity contribution in [3.05, 3.63) is 38.9 Å². The average molecular weight is 432 g/mol. The van der Waals surface area contributed by atoms with Crippen molar-refractivity contribution in [2.45, 2.75) is 96.8 Å². The number of fused-ring (bicyclic) bond motifs is 3. The molecule has 0 bridgehead atoms. The molecule has 1 aromatic rings. The Hall–Kier alpha value is -2.11. The van der Waals surface area contributed by atoms with E-state index in [9.17, 15) is 20.0 Å². The highest BCUT2D eigenvalue weighted by Crippen LogP contribution is 2.55. The molecule has 3 rings (SSSR count). The smallest absolute Gasteiger partial charge is 0.294 e. The van der Waals surface area contributed by atoms with Crippen LogP contribution in [0.3, 0.4) is 0 Å². The quantitative estimate of drug-likeness (QED) is 0.300. The lowest BCUT2D eigenvalue weighted by Crippen LogP contribution is -2.40. The highest BCUT2D eigenvalue weighted by Gasteiger charge is 2.46. The van der Waals surface area contributed by atoms with E-state index >= 15 is 0 Å². The first-order valence-electron chi connectivity index (χ1n) is 11.7. The summed E-state index contributed by atoms with van der Waals surface area (Å²) >= 11 is 0. The topological polar surface area (TPSA) is 89.7 Å². The molecule has 1 saturated carbocycles. The lowest BCUT2D eigenvalue weighted by Gasteiger charge is -2.47. The number of nitrogens with zero attached hydrogens (tertiary/aromatic N) is 1. The number of phenols is 1. The number of hydrogen-bond donors (Lipinski definition) is 1. The van der Waals surface area contributed by atoms with E-state index in [1.807, 2.05) is 6.07 Å². The van der Waals surface area contributed by atoms with Gasteiger partial charge in [-0.1, -0.05) is 53.0 Å². The van der Waals surface area contributed by atoms with Crippen molar-refractivity contribution in [1.29, 1.82) is 0 Å². The minimum Gasteiger partial charge on any atom is -0.508 e. The second-order valence-corrected chi connectivity index (χ2v) is 10.8. The summed E-state index contributed by atoms with van der Waals surface area (Å²) in [5.41, 5.74) is 3.42. The van der Waals surface area contributed by atoms with E-state index in [4.69, 9.17) is 0 Å². The Labute approximate surface area is 185 Å². The fourth-order valence-corrected chi connectivity index (χ4v) is 5.84. The Morgan fingerprint density at radius 3 is 2.65 bits per heavy atom. The summed E-state index contributed by atoms with van der Waals surface area (Å²) in [5.74, 6) is 1.26. The van der Waals surface area contributed by atoms with Crippen LogP contribution in [-0.4, -0.2) is 22.6 Å². The monoisotopic (exact) mass is 431 g/mol. The minimum atomic E-state index is -0.738. The predicted molar refractivity (Wildman–Crippen MR) is 120 cm³/mol. The van der Waals surface area contributed by atoms with Gasteiger partial charge in [-0.25, -0.2) is 0 Å². The van der Waals surface area contributed by atoms with E-state index in [0.717, 1.165) is 49.7 Å². The van der Waals surface area contributed by atoms with Crippen LogP contribution in [-0.2, 0) is 21.5 Å². The maximum atomic E-state index is 12.2. The number of phenolic OH excluding ortho intramolecular Hbond substituents is 1. The van der Waals surface area contributed by atoms with Gasteiger partial charge >= 0.3 is 0 Å². The fraction of sp³-hybridized carbons (Fsp3) is 0.720. The van der Waals surface area contributed by atoms with E-state index in [2.05, 4.69) is 38.6 Å². The lowest BCUT2D eigenvalue weighted by atomic mass is 9.56. The second-order valence-electron chi connectivity index (χ2n) is 10.8. The fourth-order valence-electron chi connectivity index (χ4n) is 5.84. The summed E-state index contributed by atoms with van der Waals surface area (Å²) in [4.78, 5) is 26.7. The van der Waals surface area contributed by atoms with Crippen LogP contribution in [0, 0.1) is 21.4 Å². The molecule has 0 heterocycles. The molecule has 6 nitrogen and oxygen atoms in total. The minimum absolute atomic E-state index is 0.0762. The number of carbonyl (C=O) groups is 1. The number of benzene rings is 1. The molecule has 1 fully saturated rings. The van der Waals surface area contributed by atoms with Crippen molar-refractivity contribution in [2.24, 2.45) is 11.3 Å². The Morgan fingerprint density at radius 2 is 1.94 bits per heavy atom. The molecule has 0 amide bonds. The normalized spacial score (nSPS) is 22.5. The largest absolute Gasteiger partial charge is 0.508 e. The molecule has 0 aromatic heterocycles. The van der Waals surface area contributed by atoms with Gasteiger partial charge in [0.05, 0.1) is 6.61 Å². The molecule has 0 saturated heterocycles. The van der Waals surface area contributed by atoms with Crippen LogP contribution < -0.4 is 0 Å². The van der Waals surface area contributed by atoms with Crippen molar-refractivity contribution in [1.82, 2.24) is 0 Å². The summed E-state index contributed by atoms with van der Waals surface area (Å²) in [7, 11) is 0. The van der Waals surface area contributed by atoms with Gasteiger partial charge in [-0.05, 0) is 65.5 Å². The number of rotatable bonds is 9. The highest BCUT2D eigenvalue weighted by molar-refractivity contribution is 5.80. The molecule has 6 heteroatoms. The van der Waals surface area contributed by atoms with Crippen molar-refractivity contribution < 1.29 is 19.8 Å². The lowest BCUT2D eigenvalue weighted by molar-refractivity contribution is -0.757. The number of Topliss-reactive ketones (excluding diaryl/α,β-unsaturated/α-hetero) is 1. The van der Waals surface area contributed by atoms with Gasteiger partial charge in [-0.2, -0.15) is 0 Å². The molecule has 0 radical (unpaired) electrons. The molecular weight excluding hydrogens is 394 g/mol. The summed E-state index contributed by atoms with van der Waals surface area (Å²) in [6.07, 6.45) is 7.69. The van der Waals surface area contributed by atoms with E-state index in [-0.39, 0.29) is 23.4 Å². The SMILES string of the molecule is CC(C)(CCCCCCO[N+](=O)[O-])c1cc(O)c2c(c1)CC(C)(C)[C@@H]1CCC(=O)C[C@@H]21. The molecule has 0 spiro atoms. The average Bonchev–Trinajstić information content (AvgIpc) is 2.65. The number of ketones is 1. The van der Waals surface area contributed by atoms with Crippen molar-refractivity contribution in [3.63, 3.8) is 0 Å². The zero-order chi connectivity index (χ0) is 22.8. The molecule has 0 unspecified atom stereocenters. The number of aromatic hydroxyl groups is 1. The third kappa shape index (κ3) is 5.39. The van der Waals surface area contributed by atoms with Gasteiger partial charge in [0, 0.05) is 18.4 Å². The molecule has 2 atom stereocenters. The van der Waals surface area contributed by atoms with E-state index in [0.29, 0.717) is 36.7 Å². The van der Waals surface area contributed by atoms with Crippen molar-refractivity contribution in [2.75, 3.05) is 6.61 Å². The Bertz CT molecular complexity index is 829. The standard InChI is InChI=1S/C25H37NO5/c1-24(2,11-7-5-6-8-12-31-26(29)30)18-13-17-16-25(3,4)21-10-9-19(27)15-20(21)23(17)22(28)14-18/h13-14,20-21,28H,5-12,15-16H2,1-4H3/t20-,21-/m1/s1. The van der Waals surface area contributed by atoms with Gasteiger partial charge in [0.15, 0.2) is 0 Å². The van der Waals surface area contributed by atoms with Crippen LogP contribution in [0.2, 0.25) is 0 Å². The highest BCUT2D eigenvalue weighted by atomic mass is 16.9. The van der Waals surface area contributed by atoms with Crippen LogP contribution in [0.25, 0.3) is 0 Å². The molecular formula is C25H37NO5. The van der Waals surface area contributed by atoms with E-state index in [1.165, 1.54) is 5.56 Å². The summed E-state index contributed by atoms with van der Waals surface area (Å²) < 4.78 is 0. The maximum Gasteiger partial charge on any atom is 0.294 e. The third-order valence-corrected chi connectivity index (χ3v) is 7.61. The molecule has 2 aliphatic rings. The molecule has 0 aliphatic heterocycles. The molecule has 1 aromatic carbocycles. The first-order chi connectivity index (χ1) is 14.5. The molecule has 1 N–H and O–H groups in total. The third-order valence-electron chi connectivity index (χ3n) is 7.61. The van der Waals surface area contributed by atoms with Crippen LogP contribution in [0.1, 0.15) is 102 Å². The van der Waals surface area contributed by atoms with Gasteiger partial charge < -0.3 is 9.94 Å².